The van der Waals surface area contributed by atoms with E-state index >= 15 is 0 Å². The second kappa shape index (κ2) is 8.76. The molecule has 2 heterocycles. The van der Waals surface area contributed by atoms with Crippen molar-refractivity contribution in [3.63, 3.8) is 0 Å². The number of ether oxygens (including phenoxy) is 1. The average Bonchev–Trinajstić information content (AvgIpc) is 2.78. The zero-order chi connectivity index (χ0) is 21.1. The third kappa shape index (κ3) is 4.51. The Hall–Kier alpha value is -2.41. The highest BCUT2D eigenvalue weighted by molar-refractivity contribution is 5.93. The van der Waals surface area contributed by atoms with Gasteiger partial charge in [0.25, 0.3) is 0 Å². The standard InChI is InChI=1S/C24H30N2O4/c1-30-20-7-5-19(6-8-20)24(29)12-14-26(15-13-24)23(28)11-3-17-2-9-21-18(16-17)4-10-22(27)25-21/h2,5-9,16,23,28-29H,3-4,10-15H2,1H3,(H,25,27). The van der Waals surface area contributed by atoms with E-state index in [1.807, 2.05) is 36.4 Å². The van der Waals surface area contributed by atoms with Crippen LogP contribution >= 0.6 is 0 Å². The van der Waals surface area contributed by atoms with Crippen molar-refractivity contribution in [2.45, 2.75) is 50.4 Å². The van der Waals surface area contributed by atoms with Crippen LogP contribution in [0, 0.1) is 0 Å². The van der Waals surface area contributed by atoms with Crippen molar-refractivity contribution in [2.75, 3.05) is 25.5 Å². The zero-order valence-electron chi connectivity index (χ0n) is 17.4. The van der Waals surface area contributed by atoms with Gasteiger partial charge in [0, 0.05) is 25.2 Å². The predicted octanol–water partition coefficient (Wildman–Crippen LogP) is 2.81. The molecule has 2 aliphatic rings. The second-order valence-corrected chi connectivity index (χ2v) is 8.36. The summed E-state index contributed by atoms with van der Waals surface area (Å²) in [4.78, 5) is 13.5. The summed E-state index contributed by atoms with van der Waals surface area (Å²) in [6.07, 6.45) is 3.39. The molecule has 6 heteroatoms. The lowest BCUT2D eigenvalue weighted by molar-refractivity contribution is -0.116. The topological polar surface area (TPSA) is 82.0 Å². The van der Waals surface area contributed by atoms with E-state index in [4.69, 9.17) is 4.74 Å². The number of aliphatic hydroxyl groups is 2. The van der Waals surface area contributed by atoms with Gasteiger partial charge in [0.2, 0.25) is 5.91 Å². The zero-order valence-corrected chi connectivity index (χ0v) is 17.4. The fourth-order valence-electron chi connectivity index (χ4n) is 4.45. The minimum Gasteiger partial charge on any atom is -0.497 e. The van der Waals surface area contributed by atoms with Crippen molar-refractivity contribution < 1.29 is 19.7 Å². The van der Waals surface area contributed by atoms with Crippen molar-refractivity contribution in [2.24, 2.45) is 0 Å². The van der Waals surface area contributed by atoms with Crippen LogP contribution in [0.1, 0.15) is 42.4 Å². The maximum Gasteiger partial charge on any atom is 0.224 e. The van der Waals surface area contributed by atoms with Gasteiger partial charge in [0.15, 0.2) is 0 Å². The van der Waals surface area contributed by atoms with Gasteiger partial charge in [-0.25, -0.2) is 0 Å². The average molecular weight is 411 g/mol. The minimum atomic E-state index is -0.856. The quantitative estimate of drug-likeness (QED) is 0.682. The first-order valence-corrected chi connectivity index (χ1v) is 10.7. The number of likely N-dealkylation sites (tertiary alicyclic amines) is 1. The van der Waals surface area contributed by atoms with Crippen molar-refractivity contribution in [3.05, 3.63) is 59.2 Å². The molecule has 0 aromatic heterocycles. The summed E-state index contributed by atoms with van der Waals surface area (Å²) in [5, 5.41) is 24.7. The number of fused-ring (bicyclic) bond motifs is 1. The Labute approximate surface area is 177 Å². The molecule has 0 spiro atoms. The van der Waals surface area contributed by atoms with Gasteiger partial charge in [0.05, 0.1) is 12.7 Å². The molecule has 0 radical (unpaired) electrons. The Balaban J connectivity index is 1.30. The molecule has 3 N–H and O–H groups in total. The van der Waals surface area contributed by atoms with Gasteiger partial charge in [-0.1, -0.05) is 24.3 Å². The molecule has 0 bridgehead atoms. The Morgan fingerprint density at radius 1 is 1.13 bits per heavy atom. The summed E-state index contributed by atoms with van der Waals surface area (Å²) in [6.45, 7) is 1.31. The first kappa shape index (κ1) is 20.8. The Morgan fingerprint density at radius 2 is 1.87 bits per heavy atom. The van der Waals surface area contributed by atoms with E-state index in [1.165, 1.54) is 11.1 Å². The van der Waals surface area contributed by atoms with Gasteiger partial charge in [-0.15, -0.1) is 0 Å². The fraction of sp³-hybridized carbons (Fsp3) is 0.458. The normalized spacial score (nSPS) is 19.6. The number of rotatable bonds is 6. The van der Waals surface area contributed by atoms with E-state index in [9.17, 15) is 15.0 Å². The predicted molar refractivity (Wildman–Crippen MR) is 115 cm³/mol. The molecule has 0 saturated carbocycles. The number of carbonyl (C=O) groups is 1. The molecule has 2 aliphatic heterocycles. The third-order valence-corrected chi connectivity index (χ3v) is 6.43. The molecule has 4 rings (SSSR count). The van der Waals surface area contributed by atoms with Crippen molar-refractivity contribution >= 4 is 11.6 Å². The SMILES string of the molecule is COc1ccc(C2(O)CCN(C(O)CCc3ccc4c(c3)CCC(=O)N4)CC2)cc1. The van der Waals surface area contributed by atoms with Crippen LogP contribution in [0.15, 0.2) is 42.5 Å². The fourth-order valence-corrected chi connectivity index (χ4v) is 4.45. The molecule has 1 unspecified atom stereocenters. The number of carbonyl (C=O) groups excluding carboxylic acids is 1. The van der Waals surface area contributed by atoms with E-state index < -0.39 is 11.8 Å². The number of anilines is 1. The van der Waals surface area contributed by atoms with Crippen molar-refractivity contribution in [1.29, 1.82) is 0 Å². The molecule has 160 valence electrons. The number of piperidine rings is 1. The summed E-state index contributed by atoms with van der Waals surface area (Å²) in [5.41, 5.74) is 3.30. The van der Waals surface area contributed by atoms with E-state index in [0.717, 1.165) is 29.8 Å². The Morgan fingerprint density at radius 3 is 2.57 bits per heavy atom. The van der Waals surface area contributed by atoms with Crippen LogP contribution in [0.2, 0.25) is 0 Å². The molecule has 6 nitrogen and oxygen atoms in total. The number of nitrogens with zero attached hydrogens (tertiary/aromatic N) is 1. The molecule has 0 aliphatic carbocycles. The number of aliphatic hydroxyl groups excluding tert-OH is 1. The lowest BCUT2D eigenvalue weighted by atomic mass is 9.84. The van der Waals surface area contributed by atoms with Gasteiger partial charge in [-0.05, 0) is 67.0 Å². The van der Waals surface area contributed by atoms with Gasteiger partial charge in [-0.3, -0.25) is 9.69 Å². The largest absolute Gasteiger partial charge is 0.497 e. The number of methoxy groups -OCH3 is 1. The molecular formula is C24H30N2O4. The van der Waals surface area contributed by atoms with Crippen LogP contribution in [0.5, 0.6) is 5.75 Å². The number of hydrogen-bond donors (Lipinski definition) is 3. The van der Waals surface area contributed by atoms with Gasteiger partial charge in [0.1, 0.15) is 12.0 Å². The lowest BCUT2D eigenvalue weighted by Crippen LogP contribution is -2.47. The summed E-state index contributed by atoms with van der Waals surface area (Å²) in [6, 6.07) is 13.7. The number of benzene rings is 2. The smallest absolute Gasteiger partial charge is 0.224 e. The second-order valence-electron chi connectivity index (χ2n) is 8.36. The van der Waals surface area contributed by atoms with Crippen molar-refractivity contribution in [3.8, 4) is 5.75 Å². The van der Waals surface area contributed by atoms with Gasteiger partial charge < -0.3 is 20.3 Å². The molecule has 1 amide bonds. The number of nitrogens with one attached hydrogen (secondary N) is 1. The van der Waals surface area contributed by atoms with Crippen LogP contribution in [0.4, 0.5) is 5.69 Å². The van der Waals surface area contributed by atoms with E-state index in [2.05, 4.69) is 16.3 Å². The lowest BCUT2D eigenvalue weighted by Gasteiger charge is -2.40. The minimum absolute atomic E-state index is 0.0744. The van der Waals surface area contributed by atoms with Crippen LogP contribution in [-0.4, -0.2) is 47.4 Å². The van der Waals surface area contributed by atoms with Gasteiger partial charge >= 0.3 is 0 Å². The molecule has 2 aromatic rings. The highest BCUT2D eigenvalue weighted by Crippen LogP contribution is 2.34. The molecule has 2 aromatic carbocycles. The molecule has 1 atom stereocenters. The van der Waals surface area contributed by atoms with Crippen LogP contribution < -0.4 is 10.1 Å². The van der Waals surface area contributed by atoms with Crippen LogP contribution in [-0.2, 0) is 23.2 Å². The third-order valence-electron chi connectivity index (χ3n) is 6.43. The van der Waals surface area contributed by atoms with Crippen molar-refractivity contribution in [1.82, 2.24) is 4.90 Å². The summed E-state index contributed by atoms with van der Waals surface area (Å²) >= 11 is 0. The molecule has 1 fully saturated rings. The first-order chi connectivity index (χ1) is 14.5. The maximum atomic E-state index is 11.5. The summed E-state index contributed by atoms with van der Waals surface area (Å²) < 4.78 is 5.20. The van der Waals surface area contributed by atoms with E-state index in [-0.39, 0.29) is 5.91 Å². The highest BCUT2D eigenvalue weighted by Gasteiger charge is 2.35. The van der Waals surface area contributed by atoms with E-state index in [0.29, 0.717) is 38.8 Å². The summed E-state index contributed by atoms with van der Waals surface area (Å²) in [7, 11) is 1.63. The number of amides is 1. The molecule has 30 heavy (non-hydrogen) atoms. The Bertz CT molecular complexity index is 889. The number of hydrogen-bond acceptors (Lipinski definition) is 5. The highest BCUT2D eigenvalue weighted by atomic mass is 16.5. The van der Waals surface area contributed by atoms with Crippen LogP contribution in [0.25, 0.3) is 0 Å². The first-order valence-electron chi connectivity index (χ1n) is 10.7. The van der Waals surface area contributed by atoms with Crippen LogP contribution in [0.3, 0.4) is 0 Å². The van der Waals surface area contributed by atoms with E-state index in [1.54, 1.807) is 7.11 Å². The summed E-state index contributed by atoms with van der Waals surface area (Å²) in [5.74, 6) is 0.852. The maximum absolute atomic E-state index is 11.5. The molecular weight excluding hydrogens is 380 g/mol. The van der Waals surface area contributed by atoms with Gasteiger partial charge in [-0.2, -0.15) is 0 Å². The monoisotopic (exact) mass is 410 g/mol. The number of aryl methyl sites for hydroxylation is 2. The Kier molecular flexibility index (Phi) is 6.09. The molecule has 1 saturated heterocycles.